The summed E-state index contributed by atoms with van der Waals surface area (Å²) < 4.78 is 1.70. The Labute approximate surface area is 194 Å². The maximum atomic E-state index is 13.0. The van der Waals surface area contributed by atoms with Crippen LogP contribution < -0.4 is 0 Å². The van der Waals surface area contributed by atoms with E-state index in [1.165, 1.54) is 6.42 Å². The zero-order valence-corrected chi connectivity index (χ0v) is 19.3. The molecule has 6 heteroatoms. The van der Waals surface area contributed by atoms with Crippen LogP contribution in [-0.2, 0) is 6.54 Å². The Hall–Kier alpha value is -3.28. The van der Waals surface area contributed by atoms with Crippen LogP contribution in [0.2, 0.25) is 0 Å². The highest BCUT2D eigenvalue weighted by Gasteiger charge is 2.31. The maximum absolute atomic E-state index is 13.0. The summed E-state index contributed by atoms with van der Waals surface area (Å²) in [5.74, 6) is 0.741. The molecule has 3 unspecified atom stereocenters. The van der Waals surface area contributed by atoms with Crippen LogP contribution in [0, 0.1) is 17.8 Å². The molecule has 1 aliphatic rings. The van der Waals surface area contributed by atoms with Gasteiger partial charge in [0.1, 0.15) is 6.33 Å². The van der Waals surface area contributed by atoms with Gasteiger partial charge in [0.25, 0.3) is 0 Å². The summed E-state index contributed by atoms with van der Waals surface area (Å²) in [5.41, 5.74) is 2.82. The van der Waals surface area contributed by atoms with Crippen LogP contribution in [0.1, 0.15) is 72.5 Å². The highest BCUT2D eigenvalue weighted by molar-refractivity contribution is 5.96. The first-order valence-electron chi connectivity index (χ1n) is 11.8. The van der Waals surface area contributed by atoms with Gasteiger partial charge in [0.05, 0.1) is 12.1 Å². The number of ketones is 1. The van der Waals surface area contributed by atoms with Crippen LogP contribution in [0.3, 0.4) is 0 Å². The van der Waals surface area contributed by atoms with E-state index in [9.17, 15) is 14.7 Å². The Kier molecular flexibility index (Phi) is 7.02. The maximum Gasteiger partial charge on any atom is 0.336 e. The van der Waals surface area contributed by atoms with Gasteiger partial charge >= 0.3 is 5.97 Å². The summed E-state index contributed by atoms with van der Waals surface area (Å²) >= 11 is 0. The van der Waals surface area contributed by atoms with E-state index in [1.807, 2.05) is 36.4 Å². The van der Waals surface area contributed by atoms with Gasteiger partial charge in [0.15, 0.2) is 0 Å². The van der Waals surface area contributed by atoms with Crippen LogP contribution >= 0.6 is 0 Å². The second-order valence-corrected chi connectivity index (χ2v) is 9.19. The van der Waals surface area contributed by atoms with Gasteiger partial charge in [-0.1, -0.05) is 75.6 Å². The summed E-state index contributed by atoms with van der Waals surface area (Å²) in [4.78, 5) is 28.8. The lowest BCUT2D eigenvalue weighted by Crippen LogP contribution is -2.27. The van der Waals surface area contributed by atoms with Crippen molar-refractivity contribution in [3.05, 3.63) is 71.8 Å². The second-order valence-electron chi connectivity index (χ2n) is 9.19. The molecule has 0 aliphatic heterocycles. The Morgan fingerprint density at radius 2 is 1.88 bits per heavy atom. The van der Waals surface area contributed by atoms with Crippen LogP contribution in [0.4, 0.5) is 0 Å². The number of carbonyl (C=O) groups excluding carboxylic acids is 1. The minimum atomic E-state index is -0.942. The molecule has 3 atom stereocenters. The first-order chi connectivity index (χ1) is 16.0. The zero-order chi connectivity index (χ0) is 23.4. The molecule has 33 heavy (non-hydrogen) atoms. The summed E-state index contributed by atoms with van der Waals surface area (Å²) in [5, 5.41) is 13.9. The molecule has 1 aliphatic carbocycles. The standard InChI is InChI=1S/C27H31N3O3/c1-3-18(2)21-7-6-8-22(15-21)25(31)26-28-17-30(29-26)16-19-11-13-20(14-12-19)23-9-4-5-10-24(23)27(32)33/h4-5,9-14,17-18,21-22H,3,6-8,15-16H2,1-2H3,(H,32,33). The fourth-order valence-electron chi connectivity index (χ4n) is 4.88. The Morgan fingerprint density at radius 1 is 1.12 bits per heavy atom. The average Bonchev–Trinajstić information content (AvgIpc) is 3.32. The molecule has 3 aromatic rings. The van der Waals surface area contributed by atoms with Crippen molar-refractivity contribution in [2.24, 2.45) is 17.8 Å². The van der Waals surface area contributed by atoms with E-state index >= 15 is 0 Å². The van der Waals surface area contributed by atoms with Crippen LogP contribution in [0.5, 0.6) is 0 Å². The number of aromatic carboxylic acids is 1. The molecule has 0 spiro atoms. The highest BCUT2D eigenvalue weighted by Crippen LogP contribution is 2.36. The molecule has 1 N–H and O–H groups in total. The number of benzene rings is 2. The second kappa shape index (κ2) is 10.1. The third-order valence-electron chi connectivity index (χ3n) is 7.06. The van der Waals surface area contributed by atoms with E-state index in [0.717, 1.165) is 36.8 Å². The zero-order valence-electron chi connectivity index (χ0n) is 19.3. The van der Waals surface area contributed by atoms with Gasteiger partial charge in [-0.3, -0.25) is 4.79 Å². The molecule has 1 saturated carbocycles. The van der Waals surface area contributed by atoms with Crippen molar-refractivity contribution < 1.29 is 14.7 Å². The summed E-state index contributed by atoms with van der Waals surface area (Å²) in [7, 11) is 0. The molecule has 1 heterocycles. The number of nitrogens with zero attached hydrogens (tertiary/aromatic N) is 3. The quantitative estimate of drug-likeness (QED) is 0.448. The minimum Gasteiger partial charge on any atom is -0.478 e. The lowest BCUT2D eigenvalue weighted by molar-refractivity contribution is 0.0697. The van der Waals surface area contributed by atoms with E-state index in [2.05, 4.69) is 23.9 Å². The number of aromatic nitrogens is 3. The van der Waals surface area contributed by atoms with Crippen LogP contribution in [0.15, 0.2) is 54.9 Å². The molecule has 0 radical (unpaired) electrons. The molecule has 4 rings (SSSR count). The summed E-state index contributed by atoms with van der Waals surface area (Å²) in [6.07, 6.45) is 6.97. The molecule has 0 bridgehead atoms. The van der Waals surface area contributed by atoms with E-state index in [-0.39, 0.29) is 17.3 Å². The van der Waals surface area contributed by atoms with Gasteiger partial charge in [-0.05, 0) is 47.4 Å². The topological polar surface area (TPSA) is 85.1 Å². The van der Waals surface area contributed by atoms with Crippen LogP contribution in [0.25, 0.3) is 11.1 Å². The largest absolute Gasteiger partial charge is 0.478 e. The third kappa shape index (κ3) is 5.21. The number of carbonyl (C=O) groups is 2. The van der Waals surface area contributed by atoms with Gasteiger partial charge in [-0.15, -0.1) is 5.10 Å². The number of hydrogen-bond donors (Lipinski definition) is 1. The minimum absolute atomic E-state index is 0.0298. The molecule has 172 valence electrons. The van der Waals surface area contributed by atoms with E-state index < -0.39 is 5.97 Å². The molecule has 0 amide bonds. The molecule has 2 aromatic carbocycles. The van der Waals surface area contributed by atoms with Gasteiger partial charge in [-0.2, -0.15) is 0 Å². The van der Waals surface area contributed by atoms with Crippen molar-refractivity contribution in [2.75, 3.05) is 0 Å². The molecule has 0 saturated heterocycles. The van der Waals surface area contributed by atoms with Crippen molar-refractivity contribution in [1.29, 1.82) is 0 Å². The SMILES string of the molecule is CCC(C)C1CCCC(C(=O)c2ncn(Cc3ccc(-c4ccccc4C(=O)O)cc3)n2)C1. The Balaban J connectivity index is 1.43. The molecule has 1 aromatic heterocycles. The van der Waals surface area contributed by atoms with Crippen molar-refractivity contribution in [2.45, 2.75) is 52.5 Å². The number of Topliss-reactive ketones (excluding diaryl/α,β-unsaturated/α-hetero) is 1. The van der Waals surface area contributed by atoms with Crippen molar-refractivity contribution >= 4 is 11.8 Å². The van der Waals surface area contributed by atoms with Crippen LogP contribution in [-0.4, -0.2) is 31.6 Å². The third-order valence-corrected chi connectivity index (χ3v) is 7.06. The fraction of sp³-hybridized carbons (Fsp3) is 0.407. The van der Waals surface area contributed by atoms with E-state index in [0.29, 0.717) is 29.8 Å². The molecular formula is C27H31N3O3. The highest BCUT2D eigenvalue weighted by atomic mass is 16.4. The monoisotopic (exact) mass is 445 g/mol. The lowest BCUT2D eigenvalue weighted by atomic mass is 9.73. The van der Waals surface area contributed by atoms with E-state index in [1.54, 1.807) is 23.1 Å². The summed E-state index contributed by atoms with van der Waals surface area (Å²) in [6, 6.07) is 14.7. The lowest BCUT2D eigenvalue weighted by Gasteiger charge is -2.31. The summed E-state index contributed by atoms with van der Waals surface area (Å²) in [6.45, 7) is 5.01. The number of rotatable bonds is 8. The average molecular weight is 446 g/mol. The Morgan fingerprint density at radius 3 is 2.61 bits per heavy atom. The number of hydrogen-bond acceptors (Lipinski definition) is 4. The van der Waals surface area contributed by atoms with Gasteiger partial charge < -0.3 is 5.11 Å². The van der Waals surface area contributed by atoms with Gasteiger partial charge in [0.2, 0.25) is 11.6 Å². The molecule has 6 nitrogen and oxygen atoms in total. The normalized spacial score (nSPS) is 19.2. The molecule has 1 fully saturated rings. The first kappa shape index (κ1) is 22.9. The number of carboxylic acid groups (broad SMARTS) is 1. The molecular weight excluding hydrogens is 414 g/mol. The smallest absolute Gasteiger partial charge is 0.336 e. The Bertz CT molecular complexity index is 1120. The first-order valence-corrected chi connectivity index (χ1v) is 11.8. The fourth-order valence-corrected chi connectivity index (χ4v) is 4.88. The predicted octanol–water partition coefficient (Wildman–Crippen LogP) is 5.73. The van der Waals surface area contributed by atoms with E-state index in [4.69, 9.17) is 0 Å². The van der Waals surface area contributed by atoms with Gasteiger partial charge in [0, 0.05) is 5.92 Å². The van der Waals surface area contributed by atoms with Gasteiger partial charge in [-0.25, -0.2) is 14.5 Å². The van der Waals surface area contributed by atoms with Crippen molar-refractivity contribution in [3.63, 3.8) is 0 Å². The number of carboxylic acids is 1. The van der Waals surface area contributed by atoms with Crippen molar-refractivity contribution in [3.8, 4) is 11.1 Å². The van der Waals surface area contributed by atoms with Crippen molar-refractivity contribution in [1.82, 2.24) is 14.8 Å². The predicted molar refractivity (Wildman–Crippen MR) is 127 cm³/mol.